The summed E-state index contributed by atoms with van der Waals surface area (Å²) >= 11 is 0. The minimum absolute atomic E-state index is 0.0628. The Labute approximate surface area is 254 Å². The van der Waals surface area contributed by atoms with Crippen LogP contribution >= 0.6 is 0 Å². The molecule has 1 N–H and O–H groups in total. The van der Waals surface area contributed by atoms with E-state index in [-0.39, 0.29) is 17.4 Å². The quantitative estimate of drug-likeness (QED) is 0.270. The van der Waals surface area contributed by atoms with Crippen molar-refractivity contribution in [1.29, 1.82) is 0 Å². The SMILES string of the molecule is CN(C)S(=O)(=O)N1CCN(CCOc2ccc(-c3ccc(-c4nc5c(=O)n(C)c(=O)[nH]c5[n+](C5CCCC5)n4)o3)cc2)CC1. The number of nitrogens with zero attached hydrogens (tertiary/aromatic N) is 7. The molecule has 15 heteroatoms. The highest BCUT2D eigenvalue weighted by Crippen LogP contribution is 2.29. The van der Waals surface area contributed by atoms with E-state index in [4.69, 9.17) is 14.3 Å². The zero-order valence-electron chi connectivity index (χ0n) is 25.1. The molecule has 44 heavy (non-hydrogen) atoms. The van der Waals surface area contributed by atoms with Gasteiger partial charge < -0.3 is 9.15 Å². The van der Waals surface area contributed by atoms with Crippen molar-refractivity contribution in [2.45, 2.75) is 31.7 Å². The maximum Gasteiger partial charge on any atom is 0.416 e. The molecule has 234 valence electrons. The third-order valence-corrected chi connectivity index (χ3v) is 10.3. The van der Waals surface area contributed by atoms with E-state index in [1.807, 2.05) is 30.3 Å². The Kier molecular flexibility index (Phi) is 8.37. The molecule has 0 atom stereocenters. The third-order valence-electron chi connectivity index (χ3n) is 8.34. The van der Waals surface area contributed by atoms with E-state index in [2.05, 4.69) is 14.9 Å². The zero-order chi connectivity index (χ0) is 31.0. The number of ether oxygens (including phenoxy) is 1. The van der Waals surface area contributed by atoms with E-state index in [1.54, 1.807) is 24.8 Å². The van der Waals surface area contributed by atoms with Gasteiger partial charge in [-0.2, -0.15) is 22.0 Å². The highest BCUT2D eigenvalue weighted by Gasteiger charge is 2.30. The highest BCUT2D eigenvalue weighted by atomic mass is 32.2. The topological polar surface area (TPSA) is 151 Å². The Bertz CT molecular complexity index is 1870. The summed E-state index contributed by atoms with van der Waals surface area (Å²) in [4.78, 5) is 34.8. The standard InChI is InChI=1S/C29H36N8O6S/c1-33(2)44(40,41)36-16-14-35(15-17-36)18-19-42-22-10-8-20(9-11-22)23-12-13-24(43-23)26-30-25-27(31-29(39)34(3)28(25)38)37(32-26)21-6-4-5-7-21/h8-13,21H,4-7,14-19H2,1-3H3/p+1. The Morgan fingerprint density at radius 1 is 1.02 bits per heavy atom. The number of aromatic amines is 1. The van der Waals surface area contributed by atoms with E-state index >= 15 is 0 Å². The van der Waals surface area contributed by atoms with Gasteiger partial charge in [-0.25, -0.2) is 14.3 Å². The van der Waals surface area contributed by atoms with Crippen molar-refractivity contribution in [2.24, 2.45) is 7.05 Å². The number of hydrogen-bond donors (Lipinski definition) is 1. The predicted molar refractivity (Wildman–Crippen MR) is 162 cm³/mol. The second kappa shape index (κ2) is 12.2. The van der Waals surface area contributed by atoms with Crippen LogP contribution in [0.5, 0.6) is 5.75 Å². The highest BCUT2D eigenvalue weighted by molar-refractivity contribution is 7.86. The number of benzene rings is 1. The van der Waals surface area contributed by atoms with E-state index in [0.717, 1.165) is 41.6 Å². The van der Waals surface area contributed by atoms with E-state index in [9.17, 15) is 18.0 Å². The average molecular weight is 626 g/mol. The number of rotatable bonds is 9. The molecule has 1 aliphatic carbocycles. The Balaban J connectivity index is 1.12. The van der Waals surface area contributed by atoms with Crippen molar-refractivity contribution >= 4 is 21.4 Å². The molecular weight excluding hydrogens is 588 g/mol. The number of nitrogens with one attached hydrogen (secondary N) is 1. The first-order valence-electron chi connectivity index (χ1n) is 14.8. The van der Waals surface area contributed by atoms with Crippen molar-refractivity contribution < 1.29 is 22.3 Å². The summed E-state index contributed by atoms with van der Waals surface area (Å²) in [6.45, 7) is 3.41. The van der Waals surface area contributed by atoms with Gasteiger partial charge >= 0.3 is 11.3 Å². The maximum atomic E-state index is 13.0. The predicted octanol–water partition coefficient (Wildman–Crippen LogP) is 1.15. The summed E-state index contributed by atoms with van der Waals surface area (Å²) in [6, 6.07) is 11.2. The number of fused-ring (bicyclic) bond motifs is 1. The van der Waals surface area contributed by atoms with Crippen LogP contribution in [0.15, 0.2) is 50.4 Å². The molecular formula is C29H37N8O6S+. The lowest BCUT2D eigenvalue weighted by Gasteiger charge is -2.34. The summed E-state index contributed by atoms with van der Waals surface area (Å²) in [7, 11) is 1.13. The molecule has 2 fully saturated rings. The smallest absolute Gasteiger partial charge is 0.416 e. The van der Waals surface area contributed by atoms with Gasteiger partial charge in [-0.3, -0.25) is 9.69 Å². The van der Waals surface area contributed by atoms with Crippen molar-refractivity contribution in [3.8, 4) is 28.7 Å². The maximum absolute atomic E-state index is 13.0. The van der Waals surface area contributed by atoms with Gasteiger partial charge in [-0.15, -0.1) is 4.68 Å². The second-order valence-electron chi connectivity index (χ2n) is 11.4. The molecule has 0 spiro atoms. The first kappa shape index (κ1) is 30.1. The second-order valence-corrected chi connectivity index (χ2v) is 13.5. The van der Waals surface area contributed by atoms with Crippen LogP contribution in [-0.4, -0.2) is 95.0 Å². The van der Waals surface area contributed by atoms with Crippen LogP contribution in [0.1, 0.15) is 31.7 Å². The summed E-state index contributed by atoms with van der Waals surface area (Å²) in [5.74, 6) is 2.03. The molecule has 2 aliphatic rings. The fourth-order valence-electron chi connectivity index (χ4n) is 5.70. The lowest BCUT2D eigenvalue weighted by molar-refractivity contribution is -0.754. The van der Waals surface area contributed by atoms with Crippen molar-refractivity contribution in [3.63, 3.8) is 0 Å². The molecule has 3 aromatic heterocycles. The minimum Gasteiger partial charge on any atom is -0.492 e. The molecule has 0 unspecified atom stereocenters. The number of H-pyrrole nitrogens is 1. The van der Waals surface area contributed by atoms with Crippen molar-refractivity contribution in [1.82, 2.24) is 33.1 Å². The van der Waals surface area contributed by atoms with Crippen LogP contribution in [0.2, 0.25) is 0 Å². The molecule has 4 aromatic rings. The van der Waals surface area contributed by atoms with Gasteiger partial charge in [0.15, 0.2) is 5.76 Å². The van der Waals surface area contributed by atoms with E-state index in [0.29, 0.717) is 56.5 Å². The van der Waals surface area contributed by atoms with Gasteiger partial charge in [-0.05, 0) is 62.1 Å². The van der Waals surface area contributed by atoms with Crippen LogP contribution in [0, 0.1) is 0 Å². The molecule has 1 saturated carbocycles. The summed E-state index contributed by atoms with van der Waals surface area (Å²) in [5.41, 5.74) is 0.321. The molecule has 0 radical (unpaired) electrons. The van der Waals surface area contributed by atoms with Crippen LogP contribution in [0.4, 0.5) is 0 Å². The number of hydrogen-bond acceptors (Lipinski definition) is 9. The van der Waals surface area contributed by atoms with Gasteiger partial charge in [0, 0.05) is 59.4 Å². The summed E-state index contributed by atoms with van der Waals surface area (Å²) in [6.07, 6.45) is 3.92. The molecule has 1 aliphatic heterocycles. The minimum atomic E-state index is -3.38. The normalized spacial score (nSPS) is 17.2. The van der Waals surface area contributed by atoms with Gasteiger partial charge in [0.25, 0.3) is 15.8 Å². The summed E-state index contributed by atoms with van der Waals surface area (Å²) in [5, 5.41) is 4.72. The van der Waals surface area contributed by atoms with Crippen LogP contribution < -0.4 is 20.7 Å². The van der Waals surface area contributed by atoms with Crippen LogP contribution in [0.25, 0.3) is 34.1 Å². The lowest BCUT2D eigenvalue weighted by Crippen LogP contribution is -2.52. The van der Waals surface area contributed by atoms with Gasteiger partial charge in [-0.1, -0.05) is 5.10 Å². The van der Waals surface area contributed by atoms with Crippen LogP contribution in [-0.2, 0) is 17.3 Å². The first-order valence-corrected chi connectivity index (χ1v) is 16.2. The number of aromatic nitrogens is 5. The van der Waals surface area contributed by atoms with E-state index in [1.165, 1.54) is 15.7 Å². The zero-order valence-corrected chi connectivity index (χ0v) is 25.9. The monoisotopic (exact) mass is 625 g/mol. The number of furan rings is 1. The van der Waals surface area contributed by atoms with Gasteiger partial charge in [0.1, 0.15) is 24.2 Å². The van der Waals surface area contributed by atoms with E-state index < -0.39 is 21.5 Å². The molecule has 1 saturated heterocycles. The van der Waals surface area contributed by atoms with Gasteiger partial charge in [0.2, 0.25) is 11.3 Å². The summed E-state index contributed by atoms with van der Waals surface area (Å²) < 4.78 is 42.2. The van der Waals surface area contributed by atoms with Crippen molar-refractivity contribution in [3.05, 3.63) is 57.2 Å². The number of piperazine rings is 1. The molecule has 0 amide bonds. The average Bonchev–Trinajstić information content (AvgIpc) is 3.74. The fraction of sp³-hybridized carbons (Fsp3) is 0.483. The molecule has 14 nitrogen and oxygen atoms in total. The largest absolute Gasteiger partial charge is 0.492 e. The molecule has 4 heterocycles. The van der Waals surface area contributed by atoms with Crippen LogP contribution in [0.3, 0.4) is 0 Å². The van der Waals surface area contributed by atoms with Gasteiger partial charge in [0.05, 0.1) is 0 Å². The first-order chi connectivity index (χ1) is 21.1. The molecule has 6 rings (SSSR count). The Morgan fingerprint density at radius 3 is 2.39 bits per heavy atom. The lowest BCUT2D eigenvalue weighted by atomic mass is 10.2. The Hall–Kier alpha value is -3.92. The third kappa shape index (κ3) is 5.92. The Morgan fingerprint density at radius 2 is 1.70 bits per heavy atom. The molecule has 1 aromatic carbocycles. The fourth-order valence-corrected chi connectivity index (χ4v) is 6.78. The molecule has 0 bridgehead atoms. The van der Waals surface area contributed by atoms with Crippen molar-refractivity contribution in [2.75, 3.05) is 53.4 Å².